The number of rotatable bonds is 13. The Labute approximate surface area is 183 Å². The third kappa shape index (κ3) is 7.74. The summed E-state index contributed by atoms with van der Waals surface area (Å²) >= 11 is 0. The van der Waals surface area contributed by atoms with E-state index < -0.39 is 18.3 Å². The monoisotopic (exact) mass is 420 g/mol. The zero-order valence-corrected chi connectivity index (χ0v) is 17.4. The smallest absolute Gasteiger partial charge is 0.151 e. The zero-order valence-electron chi connectivity index (χ0n) is 17.4. The molecule has 0 radical (unpaired) electrons. The molecule has 3 unspecified atom stereocenters. The van der Waals surface area contributed by atoms with E-state index in [0.717, 1.165) is 16.7 Å². The largest absolute Gasteiger partial charge is 0.388 e. The van der Waals surface area contributed by atoms with Crippen molar-refractivity contribution >= 4 is 6.29 Å². The highest BCUT2D eigenvalue weighted by Gasteiger charge is 2.30. The quantitative estimate of drug-likeness (QED) is 0.425. The summed E-state index contributed by atoms with van der Waals surface area (Å²) in [5.74, 6) is 0. The fourth-order valence-corrected chi connectivity index (χ4v) is 3.14. The second-order valence-electron chi connectivity index (χ2n) is 7.23. The minimum atomic E-state index is -1.03. The molecule has 0 amide bonds. The fraction of sp³-hybridized carbons (Fsp3) is 0.269. The van der Waals surface area contributed by atoms with Crippen LogP contribution >= 0.6 is 0 Å². The summed E-state index contributed by atoms with van der Waals surface area (Å²) in [4.78, 5) is 11.8. The molecule has 3 rings (SSSR count). The molecule has 0 fully saturated rings. The Balaban J connectivity index is 1.62. The summed E-state index contributed by atoms with van der Waals surface area (Å²) in [6.45, 7) is 0.876. The van der Waals surface area contributed by atoms with Gasteiger partial charge in [-0.1, -0.05) is 91.0 Å². The van der Waals surface area contributed by atoms with Crippen molar-refractivity contribution in [3.63, 3.8) is 0 Å². The van der Waals surface area contributed by atoms with Gasteiger partial charge in [0, 0.05) is 0 Å². The number of hydrogen-bond donors (Lipinski definition) is 1. The SMILES string of the molecule is O=CC(OCc1ccccc1)C(OCc1ccccc1)C(O)COCc1ccccc1. The Morgan fingerprint density at radius 1 is 0.677 bits per heavy atom. The van der Waals surface area contributed by atoms with E-state index in [0.29, 0.717) is 12.9 Å². The van der Waals surface area contributed by atoms with E-state index in [1.54, 1.807) is 0 Å². The molecule has 0 aromatic heterocycles. The van der Waals surface area contributed by atoms with Crippen molar-refractivity contribution in [2.24, 2.45) is 0 Å². The molecular formula is C26H28O5. The van der Waals surface area contributed by atoms with Crippen LogP contribution < -0.4 is 0 Å². The molecule has 5 nitrogen and oxygen atoms in total. The maximum Gasteiger partial charge on any atom is 0.151 e. The standard InChI is InChI=1S/C26H28O5/c27-16-25(30-18-22-12-6-2-7-13-22)26(31-19-23-14-8-3-9-15-23)24(28)20-29-17-21-10-4-1-5-11-21/h1-16,24-26,28H,17-20H2. The third-order valence-corrected chi connectivity index (χ3v) is 4.81. The van der Waals surface area contributed by atoms with Crippen LogP contribution in [0.3, 0.4) is 0 Å². The van der Waals surface area contributed by atoms with Gasteiger partial charge in [-0.15, -0.1) is 0 Å². The van der Waals surface area contributed by atoms with Gasteiger partial charge in [-0.25, -0.2) is 0 Å². The number of hydrogen-bond acceptors (Lipinski definition) is 5. The molecule has 31 heavy (non-hydrogen) atoms. The Hall–Kier alpha value is -2.83. The van der Waals surface area contributed by atoms with Gasteiger partial charge in [0.05, 0.1) is 26.4 Å². The molecule has 3 aromatic carbocycles. The molecule has 0 saturated carbocycles. The lowest BCUT2D eigenvalue weighted by Crippen LogP contribution is -2.44. The van der Waals surface area contributed by atoms with Crippen LogP contribution in [0.4, 0.5) is 0 Å². The Morgan fingerprint density at radius 3 is 1.61 bits per heavy atom. The first-order chi connectivity index (χ1) is 15.3. The summed E-state index contributed by atoms with van der Waals surface area (Å²) < 4.78 is 17.4. The van der Waals surface area contributed by atoms with E-state index in [2.05, 4.69) is 0 Å². The highest BCUT2D eigenvalue weighted by atomic mass is 16.6. The maximum atomic E-state index is 11.8. The van der Waals surface area contributed by atoms with Crippen LogP contribution in [0.2, 0.25) is 0 Å². The average Bonchev–Trinajstić information content (AvgIpc) is 2.83. The molecule has 0 bridgehead atoms. The second-order valence-corrected chi connectivity index (χ2v) is 7.23. The molecular weight excluding hydrogens is 392 g/mol. The lowest BCUT2D eigenvalue weighted by molar-refractivity contribution is -0.156. The second kappa shape index (κ2) is 12.8. The highest BCUT2D eigenvalue weighted by Crippen LogP contribution is 2.15. The highest BCUT2D eigenvalue weighted by molar-refractivity contribution is 5.57. The summed E-state index contributed by atoms with van der Waals surface area (Å²) in [7, 11) is 0. The topological polar surface area (TPSA) is 65.0 Å². The van der Waals surface area contributed by atoms with Crippen LogP contribution in [0.5, 0.6) is 0 Å². The van der Waals surface area contributed by atoms with Crippen molar-refractivity contribution in [1.82, 2.24) is 0 Å². The predicted octanol–water partition coefficient (Wildman–Crippen LogP) is 3.93. The number of carbonyl (C=O) groups excluding carboxylic acids is 1. The zero-order chi connectivity index (χ0) is 21.7. The molecule has 0 spiro atoms. The molecule has 3 aromatic rings. The van der Waals surface area contributed by atoms with Gasteiger partial charge in [-0.2, -0.15) is 0 Å². The van der Waals surface area contributed by atoms with Crippen molar-refractivity contribution in [2.45, 2.75) is 38.1 Å². The van der Waals surface area contributed by atoms with Gasteiger partial charge >= 0.3 is 0 Å². The lowest BCUT2D eigenvalue weighted by Gasteiger charge is -2.28. The van der Waals surface area contributed by atoms with Crippen LogP contribution in [0, 0.1) is 0 Å². The van der Waals surface area contributed by atoms with Crippen LogP contribution in [0.25, 0.3) is 0 Å². The number of aliphatic hydroxyl groups excluding tert-OH is 1. The van der Waals surface area contributed by atoms with Crippen LogP contribution in [-0.4, -0.2) is 36.3 Å². The van der Waals surface area contributed by atoms with E-state index in [1.165, 1.54) is 0 Å². The van der Waals surface area contributed by atoms with Crippen LogP contribution in [0.15, 0.2) is 91.0 Å². The number of aldehydes is 1. The van der Waals surface area contributed by atoms with Crippen molar-refractivity contribution in [3.8, 4) is 0 Å². The van der Waals surface area contributed by atoms with Crippen molar-refractivity contribution in [1.29, 1.82) is 0 Å². The van der Waals surface area contributed by atoms with Gasteiger partial charge in [0.25, 0.3) is 0 Å². The lowest BCUT2D eigenvalue weighted by atomic mass is 10.1. The molecule has 0 aliphatic heterocycles. The normalized spacial score (nSPS) is 14.0. The molecule has 1 N–H and O–H groups in total. The van der Waals surface area contributed by atoms with E-state index in [-0.39, 0.29) is 19.8 Å². The molecule has 0 saturated heterocycles. The molecule has 0 aliphatic carbocycles. The first-order valence-corrected chi connectivity index (χ1v) is 10.3. The van der Waals surface area contributed by atoms with Gasteiger partial charge < -0.3 is 24.1 Å². The first-order valence-electron chi connectivity index (χ1n) is 10.3. The number of carbonyl (C=O) groups is 1. The molecule has 162 valence electrons. The van der Waals surface area contributed by atoms with Gasteiger partial charge in [0.2, 0.25) is 0 Å². The summed E-state index contributed by atoms with van der Waals surface area (Å²) in [5, 5.41) is 10.8. The van der Waals surface area contributed by atoms with E-state index in [9.17, 15) is 9.90 Å². The van der Waals surface area contributed by atoms with E-state index in [4.69, 9.17) is 14.2 Å². The predicted molar refractivity (Wildman–Crippen MR) is 118 cm³/mol. The molecule has 0 heterocycles. The van der Waals surface area contributed by atoms with Crippen molar-refractivity contribution in [2.75, 3.05) is 6.61 Å². The summed E-state index contributed by atoms with van der Waals surface area (Å²) in [5.41, 5.74) is 2.88. The molecule has 5 heteroatoms. The Bertz CT molecular complexity index is 870. The summed E-state index contributed by atoms with van der Waals surface area (Å²) in [6.07, 6.45) is -2.14. The summed E-state index contributed by atoms with van der Waals surface area (Å²) in [6, 6.07) is 28.9. The minimum absolute atomic E-state index is 0.0212. The number of aliphatic hydroxyl groups is 1. The van der Waals surface area contributed by atoms with Crippen molar-refractivity contribution < 1.29 is 24.1 Å². The van der Waals surface area contributed by atoms with Gasteiger partial charge in [0.15, 0.2) is 6.29 Å². The maximum absolute atomic E-state index is 11.8. The number of benzene rings is 3. The third-order valence-electron chi connectivity index (χ3n) is 4.81. The van der Waals surface area contributed by atoms with Gasteiger partial charge in [0.1, 0.15) is 18.3 Å². The van der Waals surface area contributed by atoms with E-state index >= 15 is 0 Å². The Kier molecular flexibility index (Phi) is 9.41. The minimum Gasteiger partial charge on any atom is -0.388 e. The van der Waals surface area contributed by atoms with E-state index in [1.807, 2.05) is 91.0 Å². The van der Waals surface area contributed by atoms with Gasteiger partial charge in [-0.3, -0.25) is 0 Å². The van der Waals surface area contributed by atoms with Gasteiger partial charge in [-0.05, 0) is 16.7 Å². The van der Waals surface area contributed by atoms with Crippen LogP contribution in [-0.2, 0) is 38.8 Å². The first kappa shape index (κ1) is 22.8. The van der Waals surface area contributed by atoms with Crippen molar-refractivity contribution in [3.05, 3.63) is 108 Å². The molecule has 3 atom stereocenters. The fourth-order valence-electron chi connectivity index (χ4n) is 3.14. The molecule has 0 aliphatic rings. The average molecular weight is 421 g/mol. The Morgan fingerprint density at radius 2 is 1.13 bits per heavy atom. The van der Waals surface area contributed by atoms with Crippen LogP contribution in [0.1, 0.15) is 16.7 Å². The number of ether oxygens (including phenoxy) is 3.